The second-order valence-electron chi connectivity index (χ2n) is 5.73. The molecular weight excluding hydrogens is 307 g/mol. The van der Waals surface area contributed by atoms with Gasteiger partial charge in [0.2, 0.25) is 0 Å². The van der Waals surface area contributed by atoms with Crippen LogP contribution in [0.15, 0.2) is 46.4 Å². The molecule has 2 aromatic rings. The highest BCUT2D eigenvalue weighted by molar-refractivity contribution is 6.01. The molecule has 1 aromatic heterocycles. The number of likely N-dealkylation sites (tertiary alicyclic amines) is 1. The average Bonchev–Trinajstić information content (AvgIpc) is 3.09. The van der Waals surface area contributed by atoms with Crippen molar-refractivity contribution in [3.8, 4) is 17.4 Å². The predicted octanol–water partition coefficient (Wildman–Crippen LogP) is 4.01. The molecule has 122 valence electrons. The van der Waals surface area contributed by atoms with Crippen LogP contribution in [-0.2, 0) is 4.79 Å². The maximum Gasteiger partial charge on any atom is 0.264 e. The van der Waals surface area contributed by atoms with E-state index in [1.54, 1.807) is 29.2 Å². The molecule has 5 heteroatoms. The van der Waals surface area contributed by atoms with E-state index in [2.05, 4.69) is 0 Å². The molecule has 0 saturated carbocycles. The Morgan fingerprint density at radius 1 is 1.12 bits per heavy atom. The van der Waals surface area contributed by atoms with Crippen molar-refractivity contribution in [2.45, 2.75) is 19.3 Å². The summed E-state index contributed by atoms with van der Waals surface area (Å²) >= 11 is 0. The molecule has 24 heavy (non-hydrogen) atoms. The van der Waals surface area contributed by atoms with E-state index in [1.807, 2.05) is 6.07 Å². The van der Waals surface area contributed by atoms with E-state index in [0.29, 0.717) is 24.6 Å². The molecular formula is C19H17FN2O2. The first kappa shape index (κ1) is 16.0. The molecule has 1 aromatic carbocycles. The summed E-state index contributed by atoms with van der Waals surface area (Å²) in [5, 5.41) is 9.29. The van der Waals surface area contributed by atoms with Crippen molar-refractivity contribution in [3.05, 3.63) is 53.5 Å². The molecule has 1 aliphatic heterocycles. The molecule has 2 heterocycles. The lowest BCUT2D eigenvalue weighted by Crippen LogP contribution is -2.36. The van der Waals surface area contributed by atoms with Crippen molar-refractivity contribution in [2.24, 2.45) is 0 Å². The van der Waals surface area contributed by atoms with Crippen LogP contribution >= 0.6 is 0 Å². The fraction of sp³-hybridized carbons (Fsp3) is 0.263. The Morgan fingerprint density at radius 2 is 1.83 bits per heavy atom. The fourth-order valence-electron chi connectivity index (χ4n) is 2.75. The zero-order valence-electron chi connectivity index (χ0n) is 13.2. The Labute approximate surface area is 139 Å². The van der Waals surface area contributed by atoms with Crippen LogP contribution in [-0.4, -0.2) is 23.9 Å². The first-order chi connectivity index (χ1) is 11.7. The van der Waals surface area contributed by atoms with E-state index in [-0.39, 0.29) is 17.3 Å². The fourth-order valence-corrected chi connectivity index (χ4v) is 2.75. The number of rotatable bonds is 3. The van der Waals surface area contributed by atoms with Crippen LogP contribution in [0, 0.1) is 17.1 Å². The molecule has 3 rings (SSSR count). The van der Waals surface area contributed by atoms with Gasteiger partial charge in [-0.15, -0.1) is 0 Å². The van der Waals surface area contributed by atoms with Gasteiger partial charge >= 0.3 is 0 Å². The molecule has 0 atom stereocenters. The van der Waals surface area contributed by atoms with Crippen LogP contribution in [0.2, 0.25) is 0 Å². The molecule has 4 nitrogen and oxygen atoms in total. The molecule has 1 amide bonds. The lowest BCUT2D eigenvalue weighted by atomic mass is 10.1. The number of carbonyl (C=O) groups excluding carboxylic acids is 1. The van der Waals surface area contributed by atoms with Gasteiger partial charge in [-0.25, -0.2) is 4.39 Å². The highest BCUT2D eigenvalue weighted by Crippen LogP contribution is 2.24. The summed E-state index contributed by atoms with van der Waals surface area (Å²) in [4.78, 5) is 14.1. The van der Waals surface area contributed by atoms with E-state index in [9.17, 15) is 14.4 Å². The maximum atomic E-state index is 13.0. The molecule has 0 radical (unpaired) electrons. The summed E-state index contributed by atoms with van der Waals surface area (Å²) in [7, 11) is 0. The third kappa shape index (κ3) is 3.54. The lowest BCUT2D eigenvalue weighted by molar-refractivity contribution is -0.127. The van der Waals surface area contributed by atoms with Gasteiger partial charge in [-0.2, -0.15) is 5.26 Å². The van der Waals surface area contributed by atoms with Crippen molar-refractivity contribution in [3.63, 3.8) is 0 Å². The Kier molecular flexibility index (Phi) is 4.76. The second-order valence-corrected chi connectivity index (χ2v) is 5.73. The van der Waals surface area contributed by atoms with E-state index < -0.39 is 0 Å². The topological polar surface area (TPSA) is 57.2 Å². The van der Waals surface area contributed by atoms with Crippen molar-refractivity contribution < 1.29 is 13.6 Å². The monoisotopic (exact) mass is 324 g/mol. The van der Waals surface area contributed by atoms with E-state index in [4.69, 9.17) is 4.42 Å². The van der Waals surface area contributed by atoms with Gasteiger partial charge in [0.1, 0.15) is 29.0 Å². The zero-order chi connectivity index (χ0) is 16.9. The number of amides is 1. The Hall–Kier alpha value is -2.87. The Bertz CT molecular complexity index is 794. The Morgan fingerprint density at radius 3 is 2.50 bits per heavy atom. The lowest BCUT2D eigenvalue weighted by Gasteiger charge is -2.26. The Balaban J connectivity index is 1.80. The van der Waals surface area contributed by atoms with Gasteiger partial charge in [0.15, 0.2) is 0 Å². The van der Waals surface area contributed by atoms with Gasteiger partial charge in [0.05, 0.1) is 0 Å². The summed E-state index contributed by atoms with van der Waals surface area (Å²) in [6, 6.07) is 11.3. The third-order valence-electron chi connectivity index (χ3n) is 4.04. The number of benzene rings is 1. The zero-order valence-corrected chi connectivity index (χ0v) is 13.2. The van der Waals surface area contributed by atoms with Crippen molar-refractivity contribution in [2.75, 3.05) is 13.1 Å². The first-order valence-electron chi connectivity index (χ1n) is 7.94. The summed E-state index contributed by atoms with van der Waals surface area (Å²) in [5.74, 6) is 0.418. The summed E-state index contributed by atoms with van der Waals surface area (Å²) in [6.45, 7) is 1.38. The quantitative estimate of drug-likeness (QED) is 0.633. The summed E-state index contributed by atoms with van der Waals surface area (Å²) < 4.78 is 18.6. The highest BCUT2D eigenvalue weighted by Gasteiger charge is 2.20. The standard InChI is InChI=1S/C19H17FN2O2/c20-16-6-4-14(5-7-16)18-9-8-17(24-18)12-15(13-21)19(23)22-10-2-1-3-11-22/h4-9,12H,1-3,10-11H2/b15-12+. The third-order valence-corrected chi connectivity index (χ3v) is 4.04. The van der Waals surface area contributed by atoms with Crippen LogP contribution in [0.25, 0.3) is 17.4 Å². The number of hydrogen-bond donors (Lipinski definition) is 0. The van der Waals surface area contributed by atoms with Gasteiger partial charge in [0, 0.05) is 24.7 Å². The molecule has 0 aliphatic carbocycles. The summed E-state index contributed by atoms with van der Waals surface area (Å²) in [5.41, 5.74) is 0.800. The molecule has 1 saturated heterocycles. The van der Waals surface area contributed by atoms with Crippen molar-refractivity contribution in [1.82, 2.24) is 4.90 Å². The molecule has 0 spiro atoms. The van der Waals surface area contributed by atoms with Crippen molar-refractivity contribution >= 4 is 12.0 Å². The maximum absolute atomic E-state index is 13.0. The molecule has 0 bridgehead atoms. The van der Waals surface area contributed by atoms with Gasteiger partial charge in [0.25, 0.3) is 5.91 Å². The van der Waals surface area contributed by atoms with Gasteiger partial charge in [-0.3, -0.25) is 4.79 Å². The van der Waals surface area contributed by atoms with Crippen LogP contribution in [0.5, 0.6) is 0 Å². The van der Waals surface area contributed by atoms with E-state index in [0.717, 1.165) is 24.8 Å². The van der Waals surface area contributed by atoms with Crippen LogP contribution in [0.1, 0.15) is 25.0 Å². The molecule has 0 unspecified atom stereocenters. The van der Waals surface area contributed by atoms with Gasteiger partial charge in [-0.05, 0) is 55.7 Å². The molecule has 1 fully saturated rings. The van der Waals surface area contributed by atoms with Crippen LogP contribution in [0.3, 0.4) is 0 Å². The van der Waals surface area contributed by atoms with Crippen molar-refractivity contribution in [1.29, 1.82) is 5.26 Å². The van der Waals surface area contributed by atoms with Gasteiger partial charge < -0.3 is 9.32 Å². The first-order valence-corrected chi connectivity index (χ1v) is 7.94. The van der Waals surface area contributed by atoms with E-state index in [1.165, 1.54) is 18.2 Å². The van der Waals surface area contributed by atoms with Crippen LogP contribution in [0.4, 0.5) is 4.39 Å². The minimum atomic E-state index is -0.315. The second kappa shape index (κ2) is 7.14. The minimum Gasteiger partial charge on any atom is -0.457 e. The van der Waals surface area contributed by atoms with E-state index >= 15 is 0 Å². The number of carbonyl (C=O) groups is 1. The minimum absolute atomic E-state index is 0.0666. The predicted molar refractivity (Wildman–Crippen MR) is 88.1 cm³/mol. The number of furan rings is 1. The molecule has 0 N–H and O–H groups in total. The number of nitrogens with zero attached hydrogens (tertiary/aromatic N) is 2. The highest BCUT2D eigenvalue weighted by atomic mass is 19.1. The molecule has 1 aliphatic rings. The average molecular weight is 324 g/mol. The smallest absolute Gasteiger partial charge is 0.264 e. The number of nitriles is 1. The number of halogens is 1. The van der Waals surface area contributed by atoms with Crippen LogP contribution < -0.4 is 0 Å². The van der Waals surface area contributed by atoms with Gasteiger partial charge in [-0.1, -0.05) is 0 Å². The normalized spacial score (nSPS) is 15.2. The largest absolute Gasteiger partial charge is 0.457 e. The SMILES string of the molecule is N#C/C(=C\c1ccc(-c2ccc(F)cc2)o1)C(=O)N1CCCCC1. The number of hydrogen-bond acceptors (Lipinski definition) is 3. The number of piperidine rings is 1. The summed E-state index contributed by atoms with van der Waals surface area (Å²) in [6.07, 6.45) is 4.53.